The van der Waals surface area contributed by atoms with E-state index in [4.69, 9.17) is 9.47 Å². The van der Waals surface area contributed by atoms with Gasteiger partial charge in [0.25, 0.3) is 5.91 Å². The van der Waals surface area contributed by atoms with Crippen LogP contribution in [0.2, 0.25) is 0 Å². The van der Waals surface area contributed by atoms with Gasteiger partial charge in [-0.25, -0.2) is 9.59 Å². The van der Waals surface area contributed by atoms with Crippen LogP contribution in [0.3, 0.4) is 0 Å². The zero-order chi connectivity index (χ0) is 30.0. The van der Waals surface area contributed by atoms with E-state index in [0.717, 1.165) is 76.9 Å². The van der Waals surface area contributed by atoms with E-state index in [0.29, 0.717) is 24.5 Å². The van der Waals surface area contributed by atoms with Gasteiger partial charge < -0.3 is 25.0 Å². The summed E-state index contributed by atoms with van der Waals surface area (Å²) in [5, 5.41) is 12.2. The van der Waals surface area contributed by atoms with Crippen LogP contribution in [0, 0.1) is 0 Å². The van der Waals surface area contributed by atoms with Crippen LogP contribution in [0.25, 0.3) is 0 Å². The molecular weight excluding hydrogens is 556 g/mol. The van der Waals surface area contributed by atoms with Crippen LogP contribution in [0.1, 0.15) is 75.3 Å². The van der Waals surface area contributed by atoms with E-state index in [9.17, 15) is 14.4 Å². The zero-order valence-corrected chi connectivity index (χ0v) is 25.8. The van der Waals surface area contributed by atoms with Gasteiger partial charge in [-0.3, -0.25) is 20.0 Å². The number of carbonyl (C=O) groups is 3. The molecule has 1 saturated heterocycles. The van der Waals surface area contributed by atoms with E-state index in [1.807, 2.05) is 11.0 Å². The Morgan fingerprint density at radius 3 is 2.45 bits per heavy atom. The number of aromatic nitrogens is 1. The Kier molecular flexibility index (Phi) is 11.6. The maximum absolute atomic E-state index is 13.2. The number of thiophene rings is 1. The number of hydrogen-bond donors (Lipinski definition) is 3. The van der Waals surface area contributed by atoms with Gasteiger partial charge in [-0.15, -0.1) is 11.3 Å². The van der Waals surface area contributed by atoms with E-state index in [2.05, 4.69) is 25.8 Å². The standard InChI is InChI=1S/C30H44N6O5S/c1-30(2,3)41-29(39)34-26-21-42-20-25(26)33-27(37)24-11-10-22(18-31-24)19-36(28(38)32-23-8-4-5-9-23)13-7-6-12-35-14-16-40-17-15-35/h10-11,18,20-21,23H,4-9,12-17,19H2,1-3H3,(H,32,38)(H,33,37)(H,34,39). The van der Waals surface area contributed by atoms with Crippen LogP contribution in [0.4, 0.5) is 21.0 Å². The SMILES string of the molecule is CC(C)(C)OC(=O)Nc1cscc1NC(=O)c1ccc(CN(CCCCN2CCOCC2)C(=O)NC2CCCC2)cn1. The molecule has 4 amide bonds. The summed E-state index contributed by atoms with van der Waals surface area (Å²) in [5.41, 5.74) is 1.38. The van der Waals surface area contributed by atoms with Crippen LogP contribution in [-0.2, 0) is 16.0 Å². The summed E-state index contributed by atoms with van der Waals surface area (Å²) in [7, 11) is 0. The predicted octanol–water partition coefficient (Wildman–Crippen LogP) is 5.31. The van der Waals surface area contributed by atoms with E-state index < -0.39 is 17.6 Å². The minimum Gasteiger partial charge on any atom is -0.444 e. The van der Waals surface area contributed by atoms with Gasteiger partial charge >= 0.3 is 12.1 Å². The van der Waals surface area contributed by atoms with Gasteiger partial charge in [0.2, 0.25) is 0 Å². The molecule has 11 nitrogen and oxygen atoms in total. The normalized spacial score (nSPS) is 16.2. The van der Waals surface area contributed by atoms with E-state index in [1.165, 1.54) is 11.3 Å². The molecule has 1 saturated carbocycles. The Bertz CT molecular complexity index is 1170. The number of urea groups is 1. The Hall–Kier alpha value is -3.22. The number of amides is 4. The van der Waals surface area contributed by atoms with E-state index >= 15 is 0 Å². The van der Waals surface area contributed by atoms with Crippen molar-refractivity contribution in [3.63, 3.8) is 0 Å². The molecule has 0 bridgehead atoms. The van der Waals surface area contributed by atoms with Crippen molar-refractivity contribution < 1.29 is 23.9 Å². The lowest BCUT2D eigenvalue weighted by atomic mass is 10.2. The van der Waals surface area contributed by atoms with Gasteiger partial charge in [-0.2, -0.15) is 0 Å². The van der Waals surface area contributed by atoms with Gasteiger partial charge in [0.15, 0.2) is 0 Å². The molecule has 12 heteroatoms. The lowest BCUT2D eigenvalue weighted by Crippen LogP contribution is -2.44. The van der Waals surface area contributed by atoms with Crippen LogP contribution in [-0.4, -0.2) is 83.9 Å². The molecule has 1 aliphatic carbocycles. The minimum absolute atomic E-state index is 0.0439. The van der Waals surface area contributed by atoms with Crippen LogP contribution in [0.5, 0.6) is 0 Å². The van der Waals surface area contributed by atoms with Gasteiger partial charge in [-0.05, 0) is 64.6 Å². The Morgan fingerprint density at radius 2 is 1.79 bits per heavy atom. The van der Waals surface area contributed by atoms with Gasteiger partial charge in [0.05, 0.1) is 24.6 Å². The molecule has 0 spiro atoms. The molecule has 2 fully saturated rings. The van der Waals surface area contributed by atoms with E-state index in [1.54, 1.807) is 43.8 Å². The molecule has 2 aromatic heterocycles. The monoisotopic (exact) mass is 600 g/mol. The molecular formula is C30H44N6O5S. The number of nitrogens with one attached hydrogen (secondary N) is 3. The molecule has 0 atom stereocenters. The summed E-state index contributed by atoms with van der Waals surface area (Å²) in [5.74, 6) is -0.397. The summed E-state index contributed by atoms with van der Waals surface area (Å²) in [6.07, 6.45) is 7.33. The highest BCUT2D eigenvalue weighted by atomic mass is 32.1. The van der Waals surface area contributed by atoms with Crippen molar-refractivity contribution >= 4 is 40.7 Å². The summed E-state index contributed by atoms with van der Waals surface area (Å²) in [6.45, 7) is 10.9. The molecule has 2 aliphatic rings. The largest absolute Gasteiger partial charge is 0.444 e. The quantitative estimate of drug-likeness (QED) is 0.299. The molecule has 2 aromatic rings. The average Bonchev–Trinajstić information content (AvgIpc) is 3.62. The van der Waals surface area contributed by atoms with Gasteiger partial charge in [0.1, 0.15) is 11.3 Å². The third kappa shape index (κ3) is 10.2. The number of anilines is 2. The molecule has 4 rings (SSSR count). The smallest absolute Gasteiger partial charge is 0.412 e. The highest BCUT2D eigenvalue weighted by Crippen LogP contribution is 2.27. The first-order valence-corrected chi connectivity index (χ1v) is 15.8. The highest BCUT2D eigenvalue weighted by molar-refractivity contribution is 7.09. The van der Waals surface area contributed by atoms with Gasteiger partial charge in [0, 0.05) is 49.2 Å². The number of rotatable bonds is 11. The number of hydrogen-bond acceptors (Lipinski definition) is 8. The average molecular weight is 601 g/mol. The highest BCUT2D eigenvalue weighted by Gasteiger charge is 2.22. The molecule has 42 heavy (non-hydrogen) atoms. The van der Waals surface area contributed by atoms with Crippen LogP contribution < -0.4 is 16.0 Å². The minimum atomic E-state index is -0.634. The molecule has 0 radical (unpaired) electrons. The lowest BCUT2D eigenvalue weighted by molar-refractivity contribution is 0.0369. The summed E-state index contributed by atoms with van der Waals surface area (Å²) >= 11 is 1.35. The Morgan fingerprint density at radius 1 is 1.07 bits per heavy atom. The fraction of sp³-hybridized carbons (Fsp3) is 0.600. The second-order valence-electron chi connectivity index (χ2n) is 11.8. The number of pyridine rings is 1. The topological polar surface area (TPSA) is 125 Å². The van der Waals surface area contributed by atoms with Crippen molar-refractivity contribution in [2.75, 3.05) is 50.0 Å². The fourth-order valence-electron chi connectivity index (χ4n) is 5.01. The van der Waals surface area contributed by atoms with Crippen LogP contribution >= 0.6 is 11.3 Å². The Labute approximate surface area is 252 Å². The zero-order valence-electron chi connectivity index (χ0n) is 24.9. The van der Waals surface area contributed by atoms with Crippen molar-refractivity contribution in [1.82, 2.24) is 20.1 Å². The van der Waals surface area contributed by atoms with Crippen molar-refractivity contribution in [2.24, 2.45) is 0 Å². The van der Waals surface area contributed by atoms with Gasteiger partial charge in [-0.1, -0.05) is 18.9 Å². The maximum atomic E-state index is 13.2. The van der Waals surface area contributed by atoms with Crippen LogP contribution in [0.15, 0.2) is 29.1 Å². The first-order valence-electron chi connectivity index (χ1n) is 14.8. The number of ether oxygens (including phenoxy) is 2. The third-order valence-corrected chi connectivity index (χ3v) is 7.95. The summed E-state index contributed by atoms with van der Waals surface area (Å²) < 4.78 is 10.7. The summed E-state index contributed by atoms with van der Waals surface area (Å²) in [6, 6.07) is 3.68. The molecule has 3 heterocycles. The Balaban J connectivity index is 1.32. The summed E-state index contributed by atoms with van der Waals surface area (Å²) in [4.78, 5) is 46.9. The number of unbranched alkanes of at least 4 members (excludes halogenated alkanes) is 1. The van der Waals surface area contributed by atoms with E-state index in [-0.39, 0.29) is 17.8 Å². The molecule has 1 aliphatic heterocycles. The third-order valence-electron chi connectivity index (χ3n) is 7.20. The molecule has 0 unspecified atom stereocenters. The molecule has 230 valence electrons. The van der Waals surface area contributed by atoms with Crippen molar-refractivity contribution in [2.45, 2.75) is 77.5 Å². The lowest BCUT2D eigenvalue weighted by Gasteiger charge is -2.28. The molecule has 0 aromatic carbocycles. The predicted molar refractivity (Wildman–Crippen MR) is 164 cm³/mol. The number of nitrogens with zero attached hydrogens (tertiary/aromatic N) is 3. The second kappa shape index (κ2) is 15.3. The number of carbonyl (C=O) groups excluding carboxylic acids is 3. The second-order valence-corrected chi connectivity index (χ2v) is 12.6. The maximum Gasteiger partial charge on any atom is 0.412 e. The fourth-order valence-corrected chi connectivity index (χ4v) is 5.73. The first-order chi connectivity index (χ1) is 20.2. The number of morpholine rings is 1. The molecule has 3 N–H and O–H groups in total. The first kappa shape index (κ1) is 31.7. The van der Waals surface area contributed by atoms with Crippen molar-refractivity contribution in [3.05, 3.63) is 40.3 Å². The van der Waals surface area contributed by atoms with Crippen molar-refractivity contribution in [1.29, 1.82) is 0 Å². The van der Waals surface area contributed by atoms with Crippen molar-refractivity contribution in [3.8, 4) is 0 Å².